The Labute approximate surface area is 161 Å². The summed E-state index contributed by atoms with van der Waals surface area (Å²) >= 11 is 1.53. The molecule has 27 heavy (non-hydrogen) atoms. The molecular formula is C20H21N3O3S. The van der Waals surface area contributed by atoms with Gasteiger partial charge in [-0.15, -0.1) is 11.3 Å². The van der Waals surface area contributed by atoms with Crippen molar-refractivity contribution in [2.75, 3.05) is 5.32 Å². The van der Waals surface area contributed by atoms with Crippen molar-refractivity contribution in [1.82, 2.24) is 9.97 Å². The van der Waals surface area contributed by atoms with E-state index in [2.05, 4.69) is 15.3 Å². The molecule has 6 nitrogen and oxygen atoms in total. The minimum atomic E-state index is -0.430. The number of rotatable bonds is 5. The molecule has 0 radical (unpaired) electrons. The summed E-state index contributed by atoms with van der Waals surface area (Å²) in [5.41, 5.74) is 3.54. The second-order valence-corrected chi connectivity index (χ2v) is 7.35. The van der Waals surface area contributed by atoms with E-state index in [-0.39, 0.29) is 12.0 Å². The number of carbonyl (C=O) groups is 2. The number of nitrogens with one attached hydrogen (secondary N) is 2. The fraction of sp³-hybridized carbons (Fsp3) is 0.250. The highest BCUT2D eigenvalue weighted by atomic mass is 32.1. The number of ether oxygens (including phenoxy) is 1. The Morgan fingerprint density at radius 3 is 2.70 bits per heavy atom. The van der Waals surface area contributed by atoms with Gasteiger partial charge in [0.15, 0.2) is 0 Å². The van der Waals surface area contributed by atoms with Crippen molar-refractivity contribution in [2.24, 2.45) is 0 Å². The first-order valence-corrected chi connectivity index (χ1v) is 9.46. The largest absolute Gasteiger partial charge is 0.459 e. The number of aromatic nitrogens is 2. The summed E-state index contributed by atoms with van der Waals surface area (Å²) in [6.45, 7) is 7.07. The number of aryl methyl sites for hydroxylation is 1. The number of carbonyl (C=O) groups excluding carboxylic acids is 2. The minimum absolute atomic E-state index is 0.225. The molecule has 0 fully saturated rings. The summed E-state index contributed by atoms with van der Waals surface area (Å²) in [6, 6.07) is 7.49. The van der Waals surface area contributed by atoms with E-state index in [9.17, 15) is 9.59 Å². The molecule has 0 saturated heterocycles. The first kappa shape index (κ1) is 18.8. The number of thiazole rings is 1. The topological polar surface area (TPSA) is 84.1 Å². The molecule has 3 aromatic rings. The van der Waals surface area contributed by atoms with Crippen molar-refractivity contribution in [3.8, 4) is 10.6 Å². The SMILES string of the molecule is Cc1[nH]c(C(=O)Nc2cccc(-c3nccs3)c2)c(C)c1C(=O)OC(C)C. The van der Waals surface area contributed by atoms with Crippen LogP contribution in [0, 0.1) is 13.8 Å². The van der Waals surface area contributed by atoms with Crippen LogP contribution in [0.15, 0.2) is 35.8 Å². The maximum absolute atomic E-state index is 12.7. The molecule has 3 rings (SSSR count). The second kappa shape index (κ2) is 7.75. The molecule has 0 aliphatic carbocycles. The number of H-pyrrole nitrogens is 1. The van der Waals surface area contributed by atoms with Crippen LogP contribution in [-0.2, 0) is 4.74 Å². The highest BCUT2D eigenvalue weighted by Gasteiger charge is 2.23. The Morgan fingerprint density at radius 1 is 1.26 bits per heavy atom. The van der Waals surface area contributed by atoms with E-state index in [0.29, 0.717) is 28.2 Å². The first-order chi connectivity index (χ1) is 12.9. The van der Waals surface area contributed by atoms with Crippen LogP contribution in [0.25, 0.3) is 10.6 Å². The van der Waals surface area contributed by atoms with Crippen LogP contribution in [0.2, 0.25) is 0 Å². The molecule has 1 amide bonds. The van der Waals surface area contributed by atoms with Gasteiger partial charge in [0.1, 0.15) is 10.7 Å². The monoisotopic (exact) mass is 383 g/mol. The lowest BCUT2D eigenvalue weighted by Crippen LogP contribution is -2.15. The van der Waals surface area contributed by atoms with E-state index >= 15 is 0 Å². The Hall–Kier alpha value is -2.93. The van der Waals surface area contributed by atoms with Crippen molar-refractivity contribution in [3.63, 3.8) is 0 Å². The lowest BCUT2D eigenvalue weighted by atomic mass is 10.1. The Morgan fingerprint density at radius 2 is 2.04 bits per heavy atom. The number of anilines is 1. The third kappa shape index (κ3) is 4.09. The Kier molecular flexibility index (Phi) is 5.41. The predicted octanol–water partition coefficient (Wildman–Crippen LogP) is 4.57. The van der Waals surface area contributed by atoms with Gasteiger partial charge in [-0.1, -0.05) is 12.1 Å². The lowest BCUT2D eigenvalue weighted by molar-refractivity contribution is 0.0376. The van der Waals surface area contributed by atoms with E-state index in [1.807, 2.05) is 29.6 Å². The van der Waals surface area contributed by atoms with Gasteiger partial charge in [0, 0.05) is 28.5 Å². The van der Waals surface area contributed by atoms with Crippen molar-refractivity contribution in [2.45, 2.75) is 33.8 Å². The quantitative estimate of drug-likeness (QED) is 0.632. The van der Waals surface area contributed by atoms with Crippen LogP contribution >= 0.6 is 11.3 Å². The maximum atomic E-state index is 12.7. The van der Waals surface area contributed by atoms with Gasteiger partial charge in [-0.2, -0.15) is 0 Å². The summed E-state index contributed by atoms with van der Waals surface area (Å²) in [6.07, 6.45) is 1.52. The van der Waals surface area contributed by atoms with E-state index in [0.717, 1.165) is 10.6 Å². The zero-order valence-electron chi connectivity index (χ0n) is 15.6. The molecule has 0 unspecified atom stereocenters. The molecule has 0 bridgehead atoms. The van der Waals surface area contributed by atoms with Gasteiger partial charge in [0.25, 0.3) is 5.91 Å². The third-order valence-electron chi connectivity index (χ3n) is 4.01. The third-order valence-corrected chi connectivity index (χ3v) is 4.83. The van der Waals surface area contributed by atoms with Gasteiger partial charge < -0.3 is 15.0 Å². The van der Waals surface area contributed by atoms with Crippen LogP contribution in [0.4, 0.5) is 5.69 Å². The Bertz CT molecular complexity index is 975. The van der Waals surface area contributed by atoms with Gasteiger partial charge in [-0.05, 0) is 45.4 Å². The molecule has 0 aliphatic heterocycles. The van der Waals surface area contributed by atoms with Crippen molar-refractivity contribution in [3.05, 3.63) is 58.4 Å². The number of esters is 1. The van der Waals surface area contributed by atoms with E-state index in [1.165, 1.54) is 11.3 Å². The highest BCUT2D eigenvalue weighted by Crippen LogP contribution is 2.25. The fourth-order valence-electron chi connectivity index (χ4n) is 2.85. The van der Waals surface area contributed by atoms with Crippen LogP contribution in [-0.4, -0.2) is 27.9 Å². The van der Waals surface area contributed by atoms with E-state index < -0.39 is 5.97 Å². The smallest absolute Gasteiger partial charge is 0.340 e. The zero-order valence-corrected chi connectivity index (χ0v) is 16.4. The number of nitrogens with zero attached hydrogens (tertiary/aromatic N) is 1. The molecule has 140 valence electrons. The van der Waals surface area contributed by atoms with Crippen LogP contribution in [0.3, 0.4) is 0 Å². The molecule has 0 atom stereocenters. The molecule has 0 spiro atoms. The lowest BCUT2D eigenvalue weighted by Gasteiger charge is -2.08. The standard InChI is InChI=1S/C20H21N3O3S/c1-11(2)26-20(25)16-12(3)17(22-13(16)4)18(24)23-15-7-5-6-14(10-15)19-21-8-9-27-19/h5-11,22H,1-4H3,(H,23,24). The van der Waals surface area contributed by atoms with Crippen LogP contribution in [0.1, 0.15) is 46.0 Å². The summed E-state index contributed by atoms with van der Waals surface area (Å²) in [7, 11) is 0. The van der Waals surface area contributed by atoms with Gasteiger partial charge in [-0.3, -0.25) is 4.79 Å². The highest BCUT2D eigenvalue weighted by molar-refractivity contribution is 7.13. The number of amides is 1. The minimum Gasteiger partial charge on any atom is -0.459 e. The summed E-state index contributed by atoms with van der Waals surface area (Å²) in [5, 5.41) is 5.67. The summed E-state index contributed by atoms with van der Waals surface area (Å²) in [5.74, 6) is -0.739. The van der Waals surface area contributed by atoms with Crippen molar-refractivity contribution in [1.29, 1.82) is 0 Å². The van der Waals surface area contributed by atoms with Crippen molar-refractivity contribution < 1.29 is 14.3 Å². The van der Waals surface area contributed by atoms with Crippen molar-refractivity contribution >= 4 is 28.9 Å². The van der Waals surface area contributed by atoms with Gasteiger partial charge in [0.2, 0.25) is 0 Å². The number of hydrogen-bond acceptors (Lipinski definition) is 5. The van der Waals surface area contributed by atoms with Gasteiger partial charge >= 0.3 is 5.97 Å². The fourth-order valence-corrected chi connectivity index (χ4v) is 3.48. The normalized spacial score (nSPS) is 10.9. The first-order valence-electron chi connectivity index (χ1n) is 8.58. The zero-order chi connectivity index (χ0) is 19.6. The number of benzene rings is 1. The van der Waals surface area contributed by atoms with Crippen LogP contribution < -0.4 is 5.32 Å². The number of hydrogen-bond donors (Lipinski definition) is 2. The van der Waals surface area contributed by atoms with E-state index in [4.69, 9.17) is 4.74 Å². The van der Waals surface area contributed by atoms with Crippen LogP contribution in [0.5, 0.6) is 0 Å². The average Bonchev–Trinajstić information content (AvgIpc) is 3.22. The maximum Gasteiger partial charge on any atom is 0.340 e. The molecule has 2 aromatic heterocycles. The molecule has 2 N–H and O–H groups in total. The molecule has 0 saturated carbocycles. The number of aromatic amines is 1. The average molecular weight is 383 g/mol. The molecule has 1 aromatic carbocycles. The van der Waals surface area contributed by atoms with E-state index in [1.54, 1.807) is 33.9 Å². The molecular weight excluding hydrogens is 362 g/mol. The predicted molar refractivity (Wildman–Crippen MR) is 106 cm³/mol. The summed E-state index contributed by atoms with van der Waals surface area (Å²) < 4.78 is 5.27. The molecule has 2 heterocycles. The van der Waals surface area contributed by atoms with Gasteiger partial charge in [-0.25, -0.2) is 9.78 Å². The van der Waals surface area contributed by atoms with Gasteiger partial charge in [0.05, 0.1) is 11.7 Å². The summed E-state index contributed by atoms with van der Waals surface area (Å²) in [4.78, 5) is 32.3. The second-order valence-electron chi connectivity index (χ2n) is 6.45. The molecule has 0 aliphatic rings. The molecule has 7 heteroatoms. The Balaban J connectivity index is 1.83.